The average Bonchev–Trinajstić information content (AvgIpc) is 3.06. The van der Waals surface area contributed by atoms with Crippen LogP contribution in [0.1, 0.15) is 24.3 Å². The topological polar surface area (TPSA) is 40.6 Å². The van der Waals surface area contributed by atoms with E-state index in [4.69, 9.17) is 0 Å². The van der Waals surface area contributed by atoms with Gasteiger partial charge in [-0.3, -0.25) is 9.59 Å². The maximum Gasteiger partial charge on any atom is 0.255 e. The van der Waals surface area contributed by atoms with Crippen molar-refractivity contribution in [1.82, 2.24) is 4.90 Å². The summed E-state index contributed by atoms with van der Waals surface area (Å²) in [5, 5.41) is 1.94. The van der Waals surface area contributed by atoms with Gasteiger partial charge in [-0.05, 0) is 30.0 Å². The highest BCUT2D eigenvalue weighted by Gasteiger charge is 2.40. The normalized spacial score (nSPS) is 18.9. The summed E-state index contributed by atoms with van der Waals surface area (Å²) in [5.74, 6) is -0.0228. The second-order valence-corrected chi connectivity index (χ2v) is 6.24. The first kappa shape index (κ1) is 14.8. The number of thiophene rings is 1. The number of carbonyl (C=O) groups excluding carboxylic acids is 2. The molecule has 0 saturated carbocycles. The first-order valence-corrected chi connectivity index (χ1v) is 8.29. The third kappa shape index (κ3) is 2.64. The summed E-state index contributed by atoms with van der Waals surface area (Å²) in [4.78, 5) is 29.8. The monoisotopic (exact) mass is 314 g/mol. The van der Waals surface area contributed by atoms with Crippen LogP contribution in [-0.2, 0) is 9.59 Å². The molecule has 5 heteroatoms. The molecule has 2 amide bonds. The van der Waals surface area contributed by atoms with Crippen LogP contribution >= 0.6 is 11.3 Å². The number of amides is 2. The third-order valence-electron chi connectivity index (χ3n) is 3.77. The highest BCUT2D eigenvalue weighted by atomic mass is 32.1. The number of hydrogen-bond acceptors (Lipinski definition) is 3. The van der Waals surface area contributed by atoms with Crippen molar-refractivity contribution in [3.05, 3.63) is 52.7 Å². The molecule has 4 nitrogen and oxygen atoms in total. The van der Waals surface area contributed by atoms with Gasteiger partial charge in [0.15, 0.2) is 0 Å². The Balaban J connectivity index is 1.98. The summed E-state index contributed by atoms with van der Waals surface area (Å²) in [6.07, 6.45) is 0.840. The molecule has 0 radical (unpaired) electrons. The molecule has 1 aromatic carbocycles. The van der Waals surface area contributed by atoms with E-state index in [1.54, 1.807) is 9.80 Å². The lowest BCUT2D eigenvalue weighted by Crippen LogP contribution is -2.55. The van der Waals surface area contributed by atoms with Gasteiger partial charge in [0.25, 0.3) is 5.91 Å². The molecule has 0 N–H and O–H groups in total. The maximum absolute atomic E-state index is 13.0. The Morgan fingerprint density at radius 3 is 2.55 bits per heavy atom. The SMILES string of the molecule is CCCN1C(=O)CN(c2ccccc2)C(=O)C1c1cccs1. The van der Waals surface area contributed by atoms with E-state index >= 15 is 0 Å². The van der Waals surface area contributed by atoms with E-state index in [9.17, 15) is 9.59 Å². The van der Waals surface area contributed by atoms with Gasteiger partial charge < -0.3 is 9.80 Å². The summed E-state index contributed by atoms with van der Waals surface area (Å²) in [6.45, 7) is 2.74. The van der Waals surface area contributed by atoms with E-state index in [-0.39, 0.29) is 18.4 Å². The first-order valence-electron chi connectivity index (χ1n) is 7.41. The quantitative estimate of drug-likeness (QED) is 0.870. The van der Waals surface area contributed by atoms with Gasteiger partial charge in [-0.25, -0.2) is 0 Å². The lowest BCUT2D eigenvalue weighted by molar-refractivity contribution is -0.143. The number of rotatable bonds is 4. The van der Waals surface area contributed by atoms with Crippen molar-refractivity contribution in [1.29, 1.82) is 0 Å². The minimum absolute atomic E-state index is 0.00343. The van der Waals surface area contributed by atoms with Gasteiger partial charge in [-0.15, -0.1) is 11.3 Å². The fourth-order valence-corrected chi connectivity index (χ4v) is 3.60. The predicted molar refractivity (Wildman–Crippen MR) is 87.9 cm³/mol. The van der Waals surface area contributed by atoms with Crippen LogP contribution in [-0.4, -0.2) is 29.8 Å². The predicted octanol–water partition coefficient (Wildman–Crippen LogP) is 3.07. The summed E-state index contributed by atoms with van der Waals surface area (Å²) >= 11 is 1.52. The van der Waals surface area contributed by atoms with E-state index in [0.717, 1.165) is 17.0 Å². The fraction of sp³-hybridized carbons (Fsp3) is 0.294. The van der Waals surface area contributed by atoms with Crippen LogP contribution in [0.4, 0.5) is 5.69 Å². The molecule has 1 aliphatic heterocycles. The molecular weight excluding hydrogens is 296 g/mol. The van der Waals surface area contributed by atoms with Gasteiger partial charge in [0.1, 0.15) is 12.6 Å². The second-order valence-electron chi connectivity index (χ2n) is 5.27. The Kier molecular flexibility index (Phi) is 4.24. The van der Waals surface area contributed by atoms with E-state index < -0.39 is 6.04 Å². The van der Waals surface area contributed by atoms with Crippen molar-refractivity contribution < 1.29 is 9.59 Å². The van der Waals surface area contributed by atoms with E-state index in [0.29, 0.717) is 6.54 Å². The van der Waals surface area contributed by atoms with Crippen LogP contribution in [0, 0.1) is 0 Å². The fourth-order valence-electron chi connectivity index (χ4n) is 2.77. The molecule has 1 aliphatic rings. The standard InChI is InChI=1S/C17H18N2O2S/c1-2-10-18-15(20)12-19(13-7-4-3-5-8-13)17(21)16(18)14-9-6-11-22-14/h3-9,11,16H,2,10,12H2,1H3. The molecule has 1 unspecified atom stereocenters. The van der Waals surface area contributed by atoms with Crippen molar-refractivity contribution >= 4 is 28.8 Å². The number of piperazine rings is 1. The minimum atomic E-state index is -0.499. The Labute approximate surface area is 134 Å². The van der Waals surface area contributed by atoms with Gasteiger partial charge >= 0.3 is 0 Å². The van der Waals surface area contributed by atoms with Crippen molar-refractivity contribution in [2.75, 3.05) is 18.0 Å². The molecule has 0 aliphatic carbocycles. The highest BCUT2D eigenvalue weighted by molar-refractivity contribution is 7.10. The minimum Gasteiger partial charge on any atom is -0.324 e. The Morgan fingerprint density at radius 2 is 1.91 bits per heavy atom. The van der Waals surface area contributed by atoms with E-state index in [2.05, 4.69) is 0 Å². The summed E-state index contributed by atoms with van der Waals surface area (Å²) in [6, 6.07) is 12.7. The van der Waals surface area contributed by atoms with Crippen molar-refractivity contribution in [3.8, 4) is 0 Å². The lowest BCUT2D eigenvalue weighted by Gasteiger charge is -2.39. The number of hydrogen-bond donors (Lipinski definition) is 0. The lowest BCUT2D eigenvalue weighted by atomic mass is 10.1. The molecule has 1 aromatic heterocycles. The van der Waals surface area contributed by atoms with Crippen LogP contribution in [0.5, 0.6) is 0 Å². The Morgan fingerprint density at radius 1 is 1.14 bits per heavy atom. The van der Waals surface area contributed by atoms with Crippen LogP contribution in [0.2, 0.25) is 0 Å². The van der Waals surface area contributed by atoms with Crippen molar-refractivity contribution in [2.45, 2.75) is 19.4 Å². The molecular formula is C17H18N2O2S. The molecule has 2 aromatic rings. The maximum atomic E-state index is 13.0. The first-order chi connectivity index (χ1) is 10.7. The molecule has 1 saturated heterocycles. The third-order valence-corrected chi connectivity index (χ3v) is 4.70. The van der Waals surface area contributed by atoms with Crippen molar-refractivity contribution in [2.24, 2.45) is 0 Å². The smallest absolute Gasteiger partial charge is 0.255 e. The van der Waals surface area contributed by atoms with Gasteiger partial charge in [-0.1, -0.05) is 31.2 Å². The summed E-state index contributed by atoms with van der Waals surface area (Å²) in [5.41, 5.74) is 0.776. The molecule has 1 atom stereocenters. The van der Waals surface area contributed by atoms with Gasteiger partial charge in [-0.2, -0.15) is 0 Å². The van der Waals surface area contributed by atoms with Crippen LogP contribution in [0.15, 0.2) is 47.8 Å². The zero-order chi connectivity index (χ0) is 15.5. The number of carbonyl (C=O) groups is 2. The summed E-state index contributed by atoms with van der Waals surface area (Å²) < 4.78 is 0. The average molecular weight is 314 g/mol. The molecule has 3 rings (SSSR count). The zero-order valence-electron chi connectivity index (χ0n) is 12.4. The van der Waals surface area contributed by atoms with Gasteiger partial charge in [0.05, 0.1) is 0 Å². The number of anilines is 1. The van der Waals surface area contributed by atoms with E-state index in [1.165, 1.54) is 11.3 Å². The van der Waals surface area contributed by atoms with Crippen molar-refractivity contribution in [3.63, 3.8) is 0 Å². The summed E-state index contributed by atoms with van der Waals surface area (Å²) in [7, 11) is 0. The largest absolute Gasteiger partial charge is 0.324 e. The Bertz CT molecular complexity index is 655. The molecule has 0 spiro atoms. The molecule has 1 fully saturated rings. The number of para-hydroxylation sites is 1. The number of nitrogens with zero attached hydrogens (tertiary/aromatic N) is 2. The molecule has 0 bridgehead atoms. The molecule has 114 valence electrons. The van der Waals surface area contributed by atoms with Crippen LogP contribution < -0.4 is 4.90 Å². The van der Waals surface area contributed by atoms with Crippen LogP contribution in [0.25, 0.3) is 0 Å². The second kappa shape index (κ2) is 6.32. The molecule has 22 heavy (non-hydrogen) atoms. The Hall–Kier alpha value is -2.14. The van der Waals surface area contributed by atoms with E-state index in [1.807, 2.05) is 54.8 Å². The highest BCUT2D eigenvalue weighted by Crippen LogP contribution is 2.32. The van der Waals surface area contributed by atoms with Gasteiger partial charge in [0, 0.05) is 17.1 Å². The van der Waals surface area contributed by atoms with Gasteiger partial charge in [0.2, 0.25) is 5.91 Å². The van der Waals surface area contributed by atoms with Crippen LogP contribution in [0.3, 0.4) is 0 Å². The zero-order valence-corrected chi connectivity index (χ0v) is 13.3. The molecule has 2 heterocycles. The number of benzene rings is 1.